The van der Waals surface area contributed by atoms with E-state index in [9.17, 15) is 18.0 Å². The van der Waals surface area contributed by atoms with Gasteiger partial charge in [-0.05, 0) is 75.7 Å². The molecule has 0 aliphatic carbocycles. The van der Waals surface area contributed by atoms with Crippen molar-refractivity contribution in [3.8, 4) is 17.2 Å². The molecule has 0 saturated carbocycles. The quantitative estimate of drug-likeness (QED) is 0.525. The Morgan fingerprint density at radius 2 is 1.39 bits per heavy atom. The largest absolute Gasteiger partial charge is 0.494 e. The van der Waals surface area contributed by atoms with Crippen LogP contribution in [0.3, 0.4) is 0 Å². The second kappa shape index (κ2) is 8.99. The average Bonchev–Trinajstić information content (AvgIpc) is 2.63. The molecule has 2 aromatic rings. The molecule has 4 nitrogen and oxygen atoms in total. The van der Waals surface area contributed by atoms with Crippen molar-refractivity contribution in [2.75, 3.05) is 13.2 Å². The maximum Gasteiger partial charge on any atom is 0.416 e. The van der Waals surface area contributed by atoms with Crippen LogP contribution in [0.15, 0.2) is 48.5 Å². The van der Waals surface area contributed by atoms with Gasteiger partial charge in [0.1, 0.15) is 17.2 Å². The molecule has 0 fully saturated rings. The van der Waals surface area contributed by atoms with Crippen LogP contribution in [0, 0.1) is 5.41 Å². The summed E-state index contributed by atoms with van der Waals surface area (Å²) < 4.78 is 53.9. The molecule has 0 amide bonds. The number of alkyl halides is 3. The number of hydrogen-bond acceptors (Lipinski definition) is 4. The standard InChI is InChI=1S/C21H23F3O4/c1-4-26-19(25)20(2,3)13-14-27-16-9-11-18(12-10-16)28-17-7-5-15(6-8-17)21(22,23)24/h5-12H,4,13-14H2,1-3H3. The molecule has 0 atom stereocenters. The lowest BCUT2D eigenvalue weighted by molar-refractivity contribution is -0.154. The van der Waals surface area contributed by atoms with Crippen molar-refractivity contribution in [1.82, 2.24) is 0 Å². The number of ether oxygens (including phenoxy) is 3. The van der Waals surface area contributed by atoms with E-state index in [1.54, 1.807) is 45.0 Å². The molecule has 0 N–H and O–H groups in total. The third kappa shape index (κ3) is 6.18. The summed E-state index contributed by atoms with van der Waals surface area (Å²) in [4.78, 5) is 11.8. The zero-order valence-electron chi connectivity index (χ0n) is 16.0. The summed E-state index contributed by atoms with van der Waals surface area (Å²) in [6.07, 6.45) is -3.88. The van der Waals surface area contributed by atoms with E-state index >= 15 is 0 Å². The summed E-state index contributed by atoms with van der Waals surface area (Å²) in [5.74, 6) is 1.11. The van der Waals surface area contributed by atoms with Crippen LogP contribution in [0.5, 0.6) is 17.2 Å². The number of halogens is 3. The second-order valence-electron chi connectivity index (χ2n) is 6.80. The van der Waals surface area contributed by atoms with Gasteiger partial charge in [-0.3, -0.25) is 4.79 Å². The number of hydrogen-bond donors (Lipinski definition) is 0. The lowest BCUT2D eigenvalue weighted by Crippen LogP contribution is -2.28. The van der Waals surface area contributed by atoms with Crippen molar-refractivity contribution < 1.29 is 32.2 Å². The molecule has 0 unspecified atom stereocenters. The first-order chi connectivity index (χ1) is 13.1. The van der Waals surface area contributed by atoms with Gasteiger partial charge in [-0.25, -0.2) is 0 Å². The zero-order valence-corrected chi connectivity index (χ0v) is 16.0. The minimum absolute atomic E-state index is 0.265. The molecule has 7 heteroatoms. The van der Waals surface area contributed by atoms with Crippen molar-refractivity contribution in [3.63, 3.8) is 0 Å². The van der Waals surface area contributed by atoms with Gasteiger partial charge < -0.3 is 14.2 Å². The molecule has 0 radical (unpaired) electrons. The van der Waals surface area contributed by atoms with Crippen LogP contribution in [0.4, 0.5) is 13.2 Å². The first-order valence-electron chi connectivity index (χ1n) is 8.87. The highest BCUT2D eigenvalue weighted by Crippen LogP contribution is 2.31. The monoisotopic (exact) mass is 396 g/mol. The van der Waals surface area contributed by atoms with Gasteiger partial charge in [0.25, 0.3) is 0 Å². The van der Waals surface area contributed by atoms with E-state index < -0.39 is 17.2 Å². The predicted molar refractivity (Wildman–Crippen MR) is 98.5 cm³/mol. The van der Waals surface area contributed by atoms with Gasteiger partial charge in [0.15, 0.2) is 0 Å². The van der Waals surface area contributed by atoms with Gasteiger partial charge in [0.05, 0.1) is 24.2 Å². The molecule has 0 aliphatic rings. The Morgan fingerprint density at radius 1 is 0.893 bits per heavy atom. The minimum atomic E-state index is -4.38. The molecule has 0 bridgehead atoms. The lowest BCUT2D eigenvalue weighted by Gasteiger charge is -2.22. The topological polar surface area (TPSA) is 44.8 Å². The summed E-state index contributed by atoms with van der Waals surface area (Å²) in [5, 5.41) is 0. The smallest absolute Gasteiger partial charge is 0.416 e. The Hall–Kier alpha value is -2.70. The van der Waals surface area contributed by atoms with E-state index in [1.165, 1.54) is 12.1 Å². The third-order valence-corrected chi connectivity index (χ3v) is 4.06. The fraction of sp³-hybridized carbons (Fsp3) is 0.381. The van der Waals surface area contributed by atoms with Gasteiger partial charge in [-0.1, -0.05) is 0 Å². The molecular weight excluding hydrogens is 373 g/mol. The maximum absolute atomic E-state index is 12.6. The van der Waals surface area contributed by atoms with Crippen molar-refractivity contribution in [2.45, 2.75) is 33.4 Å². The number of carbonyl (C=O) groups is 1. The summed E-state index contributed by atoms with van der Waals surface area (Å²) in [6.45, 7) is 6.04. The van der Waals surface area contributed by atoms with Crippen LogP contribution < -0.4 is 9.47 Å². The fourth-order valence-electron chi connectivity index (χ4n) is 2.30. The van der Waals surface area contributed by atoms with Crippen LogP contribution >= 0.6 is 0 Å². The maximum atomic E-state index is 12.6. The third-order valence-electron chi connectivity index (χ3n) is 4.06. The molecule has 2 rings (SSSR count). The Labute approximate surface area is 162 Å². The van der Waals surface area contributed by atoms with Crippen LogP contribution in [-0.4, -0.2) is 19.2 Å². The van der Waals surface area contributed by atoms with Crippen LogP contribution in [0.25, 0.3) is 0 Å². The van der Waals surface area contributed by atoms with Crippen molar-refractivity contribution in [2.24, 2.45) is 5.41 Å². The highest BCUT2D eigenvalue weighted by Gasteiger charge is 2.30. The number of rotatable bonds is 8. The summed E-state index contributed by atoms with van der Waals surface area (Å²) in [5.41, 5.74) is -1.36. The number of carbonyl (C=O) groups excluding carboxylic acids is 1. The second-order valence-corrected chi connectivity index (χ2v) is 6.80. The molecule has 2 aromatic carbocycles. The number of esters is 1. The molecule has 0 saturated heterocycles. The van der Waals surface area contributed by atoms with Gasteiger partial charge in [0.2, 0.25) is 0 Å². The van der Waals surface area contributed by atoms with Crippen LogP contribution in [0.2, 0.25) is 0 Å². The van der Waals surface area contributed by atoms with Crippen LogP contribution in [0.1, 0.15) is 32.8 Å². The van der Waals surface area contributed by atoms with Crippen LogP contribution in [-0.2, 0) is 15.7 Å². The molecular formula is C21H23F3O4. The lowest BCUT2D eigenvalue weighted by atomic mass is 9.90. The molecule has 152 valence electrons. The zero-order chi connectivity index (χ0) is 20.8. The molecule has 28 heavy (non-hydrogen) atoms. The highest BCUT2D eigenvalue weighted by molar-refractivity contribution is 5.75. The number of benzene rings is 2. The minimum Gasteiger partial charge on any atom is -0.494 e. The molecule has 0 spiro atoms. The van der Waals surface area contributed by atoms with E-state index in [4.69, 9.17) is 14.2 Å². The predicted octanol–water partition coefficient (Wildman–Crippen LogP) is 5.86. The van der Waals surface area contributed by atoms with Gasteiger partial charge in [-0.15, -0.1) is 0 Å². The van der Waals surface area contributed by atoms with Crippen molar-refractivity contribution in [3.05, 3.63) is 54.1 Å². The van der Waals surface area contributed by atoms with Gasteiger partial charge in [0, 0.05) is 0 Å². The van der Waals surface area contributed by atoms with E-state index in [1.807, 2.05) is 0 Å². The Balaban J connectivity index is 1.87. The van der Waals surface area contributed by atoms with E-state index in [2.05, 4.69) is 0 Å². The van der Waals surface area contributed by atoms with E-state index in [-0.39, 0.29) is 5.97 Å². The average molecular weight is 396 g/mol. The van der Waals surface area contributed by atoms with Gasteiger partial charge >= 0.3 is 12.1 Å². The first kappa shape index (κ1) is 21.6. The fourth-order valence-corrected chi connectivity index (χ4v) is 2.30. The Kier molecular flexibility index (Phi) is 6.94. The van der Waals surface area contributed by atoms with E-state index in [0.717, 1.165) is 12.1 Å². The highest BCUT2D eigenvalue weighted by atomic mass is 19.4. The summed E-state index contributed by atoms with van der Waals surface area (Å²) >= 11 is 0. The molecule has 0 heterocycles. The summed E-state index contributed by atoms with van der Waals surface area (Å²) in [6, 6.07) is 11.2. The molecule has 0 aliphatic heterocycles. The molecule has 0 aromatic heterocycles. The Bertz CT molecular complexity index is 766. The first-order valence-corrected chi connectivity index (χ1v) is 8.87. The van der Waals surface area contributed by atoms with E-state index in [0.29, 0.717) is 36.9 Å². The Morgan fingerprint density at radius 3 is 1.89 bits per heavy atom. The van der Waals surface area contributed by atoms with Gasteiger partial charge in [-0.2, -0.15) is 13.2 Å². The normalized spacial score (nSPS) is 11.8. The van der Waals surface area contributed by atoms with Crippen molar-refractivity contribution in [1.29, 1.82) is 0 Å². The SMILES string of the molecule is CCOC(=O)C(C)(C)CCOc1ccc(Oc2ccc(C(F)(F)F)cc2)cc1. The van der Waals surface area contributed by atoms with Crippen molar-refractivity contribution >= 4 is 5.97 Å². The summed E-state index contributed by atoms with van der Waals surface area (Å²) in [7, 11) is 0.